The van der Waals surface area contributed by atoms with Crippen LogP contribution in [0.2, 0.25) is 4.47 Å². The monoisotopic (exact) mass is 298 g/mol. The van der Waals surface area contributed by atoms with Crippen molar-refractivity contribution in [2.45, 2.75) is 6.61 Å². The van der Waals surface area contributed by atoms with Gasteiger partial charge < -0.3 is 4.74 Å². The molecule has 1 aromatic heterocycles. The molecule has 0 fully saturated rings. The zero-order chi connectivity index (χ0) is 13.8. The summed E-state index contributed by atoms with van der Waals surface area (Å²) >= 11 is 6.86. The normalized spacial score (nSPS) is 10.2. The quantitative estimate of drug-likeness (QED) is 0.492. The highest BCUT2D eigenvalue weighted by Gasteiger charge is 2.11. The van der Waals surface area contributed by atoms with Gasteiger partial charge in [0.05, 0.1) is 15.4 Å². The summed E-state index contributed by atoms with van der Waals surface area (Å²) in [7, 11) is 0. The lowest BCUT2D eigenvalue weighted by atomic mass is 10.2. The van der Waals surface area contributed by atoms with Crippen LogP contribution in [0.3, 0.4) is 0 Å². The van der Waals surface area contributed by atoms with Gasteiger partial charge in [-0.2, -0.15) is 0 Å². The molecule has 1 heterocycles. The van der Waals surface area contributed by atoms with E-state index in [0.717, 1.165) is 4.88 Å². The number of carbonyl (C=O) groups excluding carboxylic acids is 1. The topological polar surface area (TPSA) is 82.3 Å². The van der Waals surface area contributed by atoms with Crippen LogP contribution in [0.5, 0.6) is 0 Å². The summed E-state index contributed by atoms with van der Waals surface area (Å²) in [5, 5.41) is 10.5. The number of nitro groups is 1. The standard InChI is InChI=1S/C11H7ClN2O4S/c12-11-13-5-9(19-11)6-18-10(15)7-1-3-8(4-2-7)14(16)17/h1-5H,6H2. The van der Waals surface area contributed by atoms with Gasteiger partial charge in [0.25, 0.3) is 5.69 Å². The number of non-ortho nitro benzene ring substituents is 1. The van der Waals surface area contributed by atoms with Gasteiger partial charge in [0.2, 0.25) is 0 Å². The van der Waals surface area contributed by atoms with Gasteiger partial charge in [0, 0.05) is 18.3 Å². The Hall–Kier alpha value is -1.99. The van der Waals surface area contributed by atoms with Crippen LogP contribution in [0.4, 0.5) is 5.69 Å². The molecule has 0 spiro atoms. The third kappa shape index (κ3) is 3.49. The van der Waals surface area contributed by atoms with Crippen LogP contribution in [-0.2, 0) is 11.3 Å². The molecule has 0 atom stereocenters. The van der Waals surface area contributed by atoms with Gasteiger partial charge in [-0.25, -0.2) is 9.78 Å². The molecule has 98 valence electrons. The molecule has 8 heteroatoms. The van der Waals surface area contributed by atoms with Crippen molar-refractivity contribution in [3.05, 3.63) is 55.5 Å². The number of nitrogens with zero attached hydrogens (tertiary/aromatic N) is 2. The van der Waals surface area contributed by atoms with Crippen LogP contribution in [-0.4, -0.2) is 15.9 Å². The molecule has 0 aliphatic heterocycles. The second-order valence-corrected chi connectivity index (χ2v) is 5.16. The van der Waals surface area contributed by atoms with Gasteiger partial charge in [-0.1, -0.05) is 11.6 Å². The summed E-state index contributed by atoms with van der Waals surface area (Å²) < 4.78 is 5.41. The van der Waals surface area contributed by atoms with Gasteiger partial charge >= 0.3 is 5.97 Å². The van der Waals surface area contributed by atoms with Gasteiger partial charge in [0.15, 0.2) is 4.47 Å². The van der Waals surface area contributed by atoms with E-state index in [1.165, 1.54) is 41.8 Å². The number of thiazole rings is 1. The first-order valence-corrected chi connectivity index (χ1v) is 6.27. The molecule has 0 amide bonds. The van der Waals surface area contributed by atoms with Crippen LogP contribution in [0, 0.1) is 10.1 Å². The number of benzene rings is 1. The fraction of sp³-hybridized carbons (Fsp3) is 0.0909. The zero-order valence-corrected chi connectivity index (χ0v) is 11.0. The maximum absolute atomic E-state index is 11.7. The van der Waals surface area contributed by atoms with Crippen molar-refractivity contribution in [2.75, 3.05) is 0 Å². The van der Waals surface area contributed by atoms with Crippen molar-refractivity contribution >= 4 is 34.6 Å². The number of hydrogen-bond acceptors (Lipinski definition) is 6. The Morgan fingerprint density at radius 3 is 2.63 bits per heavy atom. The van der Waals surface area contributed by atoms with E-state index >= 15 is 0 Å². The summed E-state index contributed by atoms with van der Waals surface area (Å²) in [6.07, 6.45) is 1.52. The third-order valence-electron chi connectivity index (χ3n) is 2.18. The average Bonchev–Trinajstić information content (AvgIpc) is 2.82. The largest absolute Gasteiger partial charge is 0.456 e. The first-order valence-electron chi connectivity index (χ1n) is 5.08. The Kier molecular flexibility index (Phi) is 4.08. The number of halogens is 1. The molecular formula is C11H7ClN2O4S. The predicted octanol–water partition coefficient (Wildman–Crippen LogP) is 3.06. The van der Waals surface area contributed by atoms with Crippen molar-refractivity contribution in [3.63, 3.8) is 0 Å². The number of nitro benzene ring substituents is 1. The molecule has 0 aliphatic carbocycles. The number of ether oxygens (including phenoxy) is 1. The summed E-state index contributed by atoms with van der Waals surface area (Å²) in [5.74, 6) is -0.556. The zero-order valence-electron chi connectivity index (χ0n) is 9.41. The van der Waals surface area contributed by atoms with Crippen molar-refractivity contribution in [1.82, 2.24) is 4.98 Å². The van der Waals surface area contributed by atoms with Gasteiger partial charge in [-0.05, 0) is 12.1 Å². The second-order valence-electron chi connectivity index (χ2n) is 3.46. The van der Waals surface area contributed by atoms with Crippen molar-refractivity contribution in [2.24, 2.45) is 0 Å². The maximum atomic E-state index is 11.7. The van der Waals surface area contributed by atoms with Gasteiger partial charge in [-0.3, -0.25) is 10.1 Å². The third-order valence-corrected chi connectivity index (χ3v) is 3.27. The lowest BCUT2D eigenvalue weighted by molar-refractivity contribution is -0.384. The van der Waals surface area contributed by atoms with E-state index in [-0.39, 0.29) is 17.9 Å². The Morgan fingerprint density at radius 1 is 1.42 bits per heavy atom. The van der Waals surface area contributed by atoms with Gasteiger partial charge in [-0.15, -0.1) is 11.3 Å². The van der Waals surface area contributed by atoms with E-state index < -0.39 is 10.9 Å². The molecule has 0 unspecified atom stereocenters. The molecule has 2 rings (SSSR count). The highest BCUT2D eigenvalue weighted by molar-refractivity contribution is 7.15. The Bertz CT molecular complexity index is 611. The molecule has 0 N–H and O–H groups in total. The highest BCUT2D eigenvalue weighted by Crippen LogP contribution is 2.19. The van der Waals surface area contributed by atoms with E-state index in [0.29, 0.717) is 4.47 Å². The highest BCUT2D eigenvalue weighted by atomic mass is 35.5. The fourth-order valence-electron chi connectivity index (χ4n) is 1.29. The molecule has 0 saturated heterocycles. The minimum atomic E-state index is -0.556. The van der Waals surface area contributed by atoms with Gasteiger partial charge in [0.1, 0.15) is 6.61 Å². The van der Waals surface area contributed by atoms with Crippen LogP contribution < -0.4 is 0 Å². The summed E-state index contributed by atoms with van der Waals surface area (Å²) in [6.45, 7) is 0.0697. The minimum Gasteiger partial charge on any atom is -0.456 e. The first-order chi connectivity index (χ1) is 9.06. The fourth-order valence-corrected chi connectivity index (χ4v) is 2.18. The Morgan fingerprint density at radius 2 is 2.11 bits per heavy atom. The molecule has 0 radical (unpaired) electrons. The van der Waals surface area contributed by atoms with Crippen LogP contribution in [0.1, 0.15) is 15.2 Å². The molecule has 19 heavy (non-hydrogen) atoms. The van der Waals surface area contributed by atoms with E-state index in [9.17, 15) is 14.9 Å². The number of hydrogen-bond donors (Lipinski definition) is 0. The first kappa shape index (κ1) is 13.4. The number of carbonyl (C=O) groups is 1. The molecule has 0 saturated carbocycles. The molecule has 0 bridgehead atoms. The second kappa shape index (κ2) is 5.77. The molecule has 1 aromatic carbocycles. The number of rotatable bonds is 4. The smallest absolute Gasteiger partial charge is 0.338 e. The average molecular weight is 299 g/mol. The molecule has 0 aliphatic rings. The number of aromatic nitrogens is 1. The Balaban J connectivity index is 1.98. The maximum Gasteiger partial charge on any atom is 0.338 e. The molecule has 6 nitrogen and oxygen atoms in total. The molecule has 2 aromatic rings. The van der Waals surface area contributed by atoms with E-state index in [4.69, 9.17) is 16.3 Å². The van der Waals surface area contributed by atoms with E-state index in [1.54, 1.807) is 0 Å². The lowest BCUT2D eigenvalue weighted by Gasteiger charge is -2.02. The predicted molar refractivity (Wildman–Crippen MR) is 69.3 cm³/mol. The van der Waals surface area contributed by atoms with Crippen LogP contribution in [0.15, 0.2) is 30.5 Å². The van der Waals surface area contributed by atoms with Crippen molar-refractivity contribution < 1.29 is 14.5 Å². The summed E-state index contributed by atoms with van der Waals surface area (Å²) in [4.78, 5) is 26.1. The lowest BCUT2D eigenvalue weighted by Crippen LogP contribution is -2.04. The number of esters is 1. The Labute approximate surface area is 116 Å². The summed E-state index contributed by atoms with van der Waals surface area (Å²) in [6, 6.07) is 5.19. The minimum absolute atomic E-state index is 0.0697. The van der Waals surface area contributed by atoms with Crippen molar-refractivity contribution in [1.29, 1.82) is 0 Å². The van der Waals surface area contributed by atoms with Crippen molar-refractivity contribution in [3.8, 4) is 0 Å². The molecular weight excluding hydrogens is 292 g/mol. The van der Waals surface area contributed by atoms with E-state index in [2.05, 4.69) is 4.98 Å². The summed E-state index contributed by atoms with van der Waals surface area (Å²) in [5.41, 5.74) is 0.173. The van der Waals surface area contributed by atoms with E-state index in [1.807, 2.05) is 0 Å². The van der Waals surface area contributed by atoms with Crippen LogP contribution >= 0.6 is 22.9 Å². The SMILES string of the molecule is O=C(OCc1cnc(Cl)s1)c1ccc([N+](=O)[O-])cc1. The van der Waals surface area contributed by atoms with Crippen LogP contribution in [0.25, 0.3) is 0 Å².